The van der Waals surface area contributed by atoms with Gasteiger partial charge in [-0.05, 0) is 50.8 Å². The summed E-state index contributed by atoms with van der Waals surface area (Å²) in [4.78, 5) is 11.6. The van der Waals surface area contributed by atoms with E-state index in [9.17, 15) is 30.3 Å². The minimum Gasteiger partial charge on any atom is -0.444 e. The Kier molecular flexibility index (Phi) is 6.81. The highest BCUT2D eigenvalue weighted by Gasteiger charge is 2.23. The number of alkyl carbamates (subject to hydrolysis) is 1. The predicted molar refractivity (Wildman–Crippen MR) is 82.6 cm³/mol. The summed E-state index contributed by atoms with van der Waals surface area (Å²) in [6, 6.07) is 1.37. The van der Waals surface area contributed by atoms with Gasteiger partial charge in [-0.15, -0.1) is 3.89 Å². The summed E-state index contributed by atoms with van der Waals surface area (Å²) in [5, 5.41) is 2.27. The third kappa shape index (κ3) is 8.19. The highest BCUT2D eigenvalue weighted by atomic mass is 32.3. The number of carbonyl (C=O) groups excluding carboxylic acids is 1. The molecule has 1 amide bonds. The number of ether oxygens (including phenoxy) is 1. The van der Waals surface area contributed by atoms with Crippen LogP contribution in [0.2, 0.25) is 0 Å². The molecule has 142 valence electrons. The largest absolute Gasteiger partial charge is 0.444 e. The van der Waals surface area contributed by atoms with Crippen molar-refractivity contribution < 1.29 is 35.0 Å². The Labute approximate surface area is 143 Å². The van der Waals surface area contributed by atoms with Crippen molar-refractivity contribution in [1.29, 1.82) is 0 Å². The molecule has 0 fully saturated rings. The maximum atomic E-state index is 13.2. The van der Waals surface area contributed by atoms with Gasteiger partial charge in [-0.25, -0.2) is 18.0 Å². The summed E-state index contributed by atoms with van der Waals surface area (Å²) < 4.78 is 79.1. The fourth-order valence-electron chi connectivity index (χ4n) is 2.07. The molecule has 0 aliphatic heterocycles. The zero-order valence-electron chi connectivity index (χ0n) is 13.9. The van der Waals surface area contributed by atoms with Gasteiger partial charge < -0.3 is 10.1 Å². The zero-order valence-corrected chi connectivity index (χ0v) is 14.7. The lowest BCUT2D eigenvalue weighted by Crippen LogP contribution is -2.37. The van der Waals surface area contributed by atoms with Gasteiger partial charge in [-0.3, -0.25) is 0 Å². The van der Waals surface area contributed by atoms with E-state index in [2.05, 4.69) is 5.32 Å². The minimum atomic E-state index is -4.91. The summed E-state index contributed by atoms with van der Waals surface area (Å²) in [5.74, 6) is -6.57. The Morgan fingerprint density at radius 3 is 2.16 bits per heavy atom. The normalized spacial score (nSPS) is 13.4. The number of hydrogen-bond donors (Lipinski definition) is 1. The molecule has 0 spiro atoms. The summed E-state index contributed by atoms with van der Waals surface area (Å²) >= 11 is 0. The Morgan fingerprint density at radius 2 is 1.72 bits per heavy atom. The van der Waals surface area contributed by atoms with Gasteiger partial charge >= 0.3 is 16.3 Å². The number of rotatable bonds is 6. The number of hydrogen-bond acceptors (Lipinski definition) is 4. The zero-order chi connectivity index (χ0) is 19.4. The Hall–Kier alpha value is -1.84. The molecule has 0 heterocycles. The molecule has 0 aliphatic rings. The summed E-state index contributed by atoms with van der Waals surface area (Å²) in [7, 11) is -4.91. The molecule has 0 aromatic heterocycles. The van der Waals surface area contributed by atoms with E-state index in [-0.39, 0.29) is 18.5 Å². The van der Waals surface area contributed by atoms with Gasteiger partial charge in [0.2, 0.25) is 0 Å². The average Bonchev–Trinajstić information content (AvgIpc) is 2.38. The molecular weight excluding hydrogens is 366 g/mol. The van der Waals surface area contributed by atoms with Crippen LogP contribution in [-0.2, 0) is 21.4 Å². The van der Waals surface area contributed by atoms with Crippen LogP contribution < -0.4 is 5.32 Å². The van der Waals surface area contributed by atoms with Crippen LogP contribution in [0.4, 0.5) is 21.9 Å². The molecule has 0 aliphatic carbocycles. The molecular formula is C15H19F4NO4S. The second kappa shape index (κ2) is 8.03. The van der Waals surface area contributed by atoms with E-state index >= 15 is 0 Å². The molecule has 1 N–H and O–H groups in total. The van der Waals surface area contributed by atoms with Gasteiger partial charge in [-0.1, -0.05) is 0 Å². The fourth-order valence-corrected chi connectivity index (χ4v) is 2.87. The maximum absolute atomic E-state index is 13.2. The molecule has 1 unspecified atom stereocenters. The van der Waals surface area contributed by atoms with E-state index < -0.39 is 51.0 Å². The van der Waals surface area contributed by atoms with Gasteiger partial charge in [0.25, 0.3) is 0 Å². The SMILES string of the molecule is CC(C)(C)OC(=O)NCC(Cc1cc(F)c(F)c(F)c1)CS(=O)(=O)F. The molecule has 1 aromatic rings. The molecule has 1 atom stereocenters. The topological polar surface area (TPSA) is 72.5 Å². The molecule has 25 heavy (non-hydrogen) atoms. The van der Waals surface area contributed by atoms with Crippen molar-refractivity contribution in [1.82, 2.24) is 5.32 Å². The van der Waals surface area contributed by atoms with Crippen LogP contribution in [0.3, 0.4) is 0 Å². The first kappa shape index (κ1) is 21.2. The number of amides is 1. The molecule has 10 heteroatoms. The standard InChI is InChI=1S/C15H19F4NO4S/c1-15(2,3)24-14(21)20-7-10(8-25(19,22)23)4-9-5-11(16)13(18)12(17)6-9/h5-6,10H,4,7-8H2,1-3H3,(H,20,21). The third-order valence-electron chi connectivity index (χ3n) is 2.94. The van der Waals surface area contributed by atoms with Crippen molar-refractivity contribution in [3.63, 3.8) is 0 Å². The van der Waals surface area contributed by atoms with E-state index in [1.54, 1.807) is 20.8 Å². The predicted octanol–water partition coefficient (Wildman–Crippen LogP) is 3.09. The number of carbonyl (C=O) groups is 1. The highest BCUT2D eigenvalue weighted by molar-refractivity contribution is 7.86. The Bertz CT molecular complexity index is 709. The van der Waals surface area contributed by atoms with Crippen molar-refractivity contribution in [3.8, 4) is 0 Å². The van der Waals surface area contributed by atoms with E-state index in [4.69, 9.17) is 4.74 Å². The van der Waals surface area contributed by atoms with Crippen molar-refractivity contribution in [3.05, 3.63) is 35.1 Å². The fraction of sp³-hybridized carbons (Fsp3) is 0.533. The van der Waals surface area contributed by atoms with Crippen molar-refractivity contribution in [2.24, 2.45) is 5.92 Å². The van der Waals surface area contributed by atoms with Crippen LogP contribution in [0.25, 0.3) is 0 Å². The quantitative estimate of drug-likeness (QED) is 0.464. The highest BCUT2D eigenvalue weighted by Crippen LogP contribution is 2.18. The van der Waals surface area contributed by atoms with Crippen LogP contribution in [0, 0.1) is 23.4 Å². The van der Waals surface area contributed by atoms with Crippen molar-refractivity contribution >= 4 is 16.3 Å². The first-order valence-electron chi connectivity index (χ1n) is 7.29. The lowest BCUT2D eigenvalue weighted by molar-refractivity contribution is 0.0520. The molecule has 1 rings (SSSR count). The second-order valence-corrected chi connectivity index (χ2v) is 7.94. The van der Waals surface area contributed by atoms with Crippen molar-refractivity contribution in [2.75, 3.05) is 12.3 Å². The van der Waals surface area contributed by atoms with Gasteiger partial charge in [0.05, 0.1) is 5.75 Å². The Morgan fingerprint density at radius 1 is 1.20 bits per heavy atom. The van der Waals surface area contributed by atoms with Gasteiger partial charge in [0.1, 0.15) is 5.60 Å². The van der Waals surface area contributed by atoms with Crippen LogP contribution in [0.5, 0.6) is 0 Å². The second-order valence-electron chi connectivity index (χ2n) is 6.53. The molecule has 0 saturated heterocycles. The van der Waals surface area contributed by atoms with E-state index in [1.165, 1.54) is 0 Å². The lowest BCUT2D eigenvalue weighted by atomic mass is 10.0. The van der Waals surface area contributed by atoms with Crippen LogP contribution in [-0.4, -0.2) is 32.4 Å². The maximum Gasteiger partial charge on any atom is 0.407 e. The average molecular weight is 385 g/mol. The molecule has 0 radical (unpaired) electrons. The van der Waals surface area contributed by atoms with Gasteiger partial charge in [-0.2, -0.15) is 8.42 Å². The third-order valence-corrected chi connectivity index (χ3v) is 3.81. The lowest BCUT2D eigenvalue weighted by Gasteiger charge is -2.21. The number of nitrogens with one attached hydrogen (secondary N) is 1. The monoisotopic (exact) mass is 385 g/mol. The van der Waals surface area contributed by atoms with Crippen LogP contribution in [0.1, 0.15) is 26.3 Å². The van der Waals surface area contributed by atoms with E-state index in [0.717, 1.165) is 0 Å². The number of halogens is 4. The van der Waals surface area contributed by atoms with Gasteiger partial charge in [0.15, 0.2) is 17.5 Å². The molecule has 0 bridgehead atoms. The van der Waals surface area contributed by atoms with Crippen molar-refractivity contribution in [2.45, 2.75) is 32.8 Å². The van der Waals surface area contributed by atoms with Crippen LogP contribution in [0.15, 0.2) is 12.1 Å². The summed E-state index contributed by atoms with van der Waals surface area (Å²) in [6.45, 7) is 4.51. The summed E-state index contributed by atoms with van der Waals surface area (Å²) in [6.07, 6.45) is -1.15. The Balaban J connectivity index is 2.85. The minimum absolute atomic E-state index is 0.0731. The summed E-state index contributed by atoms with van der Waals surface area (Å²) in [5.41, 5.74) is -0.870. The van der Waals surface area contributed by atoms with E-state index in [1.807, 2.05) is 0 Å². The first-order chi connectivity index (χ1) is 11.3. The molecule has 0 saturated carbocycles. The van der Waals surface area contributed by atoms with Gasteiger partial charge in [0, 0.05) is 6.54 Å². The molecule has 1 aromatic carbocycles. The smallest absolute Gasteiger partial charge is 0.407 e. The van der Waals surface area contributed by atoms with E-state index in [0.29, 0.717) is 12.1 Å². The number of benzene rings is 1. The first-order valence-corrected chi connectivity index (χ1v) is 8.84. The molecule has 5 nitrogen and oxygen atoms in total. The van der Waals surface area contributed by atoms with Crippen LogP contribution >= 0.6 is 0 Å².